The number of anilines is 1. The number of rotatable bonds is 4. The first-order chi connectivity index (χ1) is 13.8. The van der Waals surface area contributed by atoms with Gasteiger partial charge >= 0.3 is 6.18 Å². The van der Waals surface area contributed by atoms with Gasteiger partial charge in [0.25, 0.3) is 5.91 Å². The summed E-state index contributed by atoms with van der Waals surface area (Å²) in [5.41, 5.74) is 2.58. The quantitative estimate of drug-likeness (QED) is 0.530. The maximum absolute atomic E-state index is 12.7. The van der Waals surface area contributed by atoms with Crippen LogP contribution >= 0.6 is 11.3 Å². The van der Waals surface area contributed by atoms with Gasteiger partial charge in [-0.2, -0.15) is 18.3 Å². The number of para-hydroxylation sites is 1. The fourth-order valence-electron chi connectivity index (χ4n) is 2.88. The fraction of sp³-hybridized carbons (Fsp3) is 0.158. The summed E-state index contributed by atoms with van der Waals surface area (Å²) in [6.45, 7) is 1.96. The van der Waals surface area contributed by atoms with Gasteiger partial charge in [0.1, 0.15) is 10.6 Å². The van der Waals surface area contributed by atoms with Gasteiger partial charge < -0.3 is 5.32 Å². The van der Waals surface area contributed by atoms with Gasteiger partial charge in [-0.05, 0) is 30.7 Å². The number of halogens is 3. The normalized spacial score (nSPS) is 11.7. The number of hydrogen-bond donors (Lipinski definition) is 1. The van der Waals surface area contributed by atoms with Crippen LogP contribution in [0.4, 0.5) is 19.0 Å². The van der Waals surface area contributed by atoms with E-state index in [0.29, 0.717) is 22.0 Å². The lowest BCUT2D eigenvalue weighted by atomic mass is 10.2. The van der Waals surface area contributed by atoms with Crippen LogP contribution in [0.2, 0.25) is 0 Å². The molecule has 3 aromatic heterocycles. The van der Waals surface area contributed by atoms with Crippen molar-refractivity contribution < 1.29 is 18.0 Å². The number of pyridine rings is 1. The molecule has 4 rings (SSSR count). The van der Waals surface area contributed by atoms with Gasteiger partial charge in [-0.3, -0.25) is 14.5 Å². The van der Waals surface area contributed by atoms with Crippen molar-refractivity contribution in [1.82, 2.24) is 19.7 Å². The van der Waals surface area contributed by atoms with Crippen molar-refractivity contribution >= 4 is 34.0 Å². The molecule has 0 bridgehead atoms. The molecule has 148 valence electrons. The highest BCUT2D eigenvalue weighted by Crippen LogP contribution is 2.28. The van der Waals surface area contributed by atoms with E-state index in [-0.39, 0.29) is 12.5 Å². The van der Waals surface area contributed by atoms with Crippen LogP contribution in [-0.2, 0) is 12.7 Å². The number of thiazole rings is 1. The zero-order valence-corrected chi connectivity index (χ0v) is 15.9. The third-order valence-corrected chi connectivity index (χ3v) is 5.22. The molecule has 29 heavy (non-hydrogen) atoms. The summed E-state index contributed by atoms with van der Waals surface area (Å²) >= 11 is 1.24. The fourth-order valence-corrected chi connectivity index (χ4v) is 3.58. The zero-order valence-electron chi connectivity index (χ0n) is 15.1. The highest BCUT2D eigenvalue weighted by molar-refractivity contribution is 7.12. The van der Waals surface area contributed by atoms with Crippen LogP contribution in [0.1, 0.15) is 26.6 Å². The Morgan fingerprint density at radius 2 is 1.97 bits per heavy atom. The zero-order chi connectivity index (χ0) is 20.6. The van der Waals surface area contributed by atoms with Gasteiger partial charge in [0.15, 0.2) is 5.82 Å². The topological polar surface area (TPSA) is 72.7 Å². The molecule has 0 atom stereocenters. The number of fused-ring (bicyclic) bond motifs is 1. The van der Waals surface area contributed by atoms with E-state index in [9.17, 15) is 18.0 Å². The number of carbonyl (C=O) groups excluding carboxylic acids is 1. The lowest BCUT2D eigenvalue weighted by molar-refractivity contribution is -0.141. The van der Waals surface area contributed by atoms with Crippen molar-refractivity contribution in [3.05, 3.63) is 69.9 Å². The standard InChI is InChI=1S/C19H14F3N5OS/c1-11-16(29-10-24-11)18(28)25-17-13-4-2-3-5-14(13)27(26-17)9-12-6-7-15(23-8-12)19(20,21)22/h2-8,10H,9H2,1H3,(H,25,26,28). The molecule has 6 nitrogen and oxygen atoms in total. The second-order valence-electron chi connectivity index (χ2n) is 6.29. The minimum Gasteiger partial charge on any atom is -0.304 e. The van der Waals surface area contributed by atoms with E-state index in [4.69, 9.17) is 0 Å². The number of nitrogens with one attached hydrogen (secondary N) is 1. The summed E-state index contributed by atoms with van der Waals surface area (Å²) in [6.07, 6.45) is -3.30. The molecule has 3 heterocycles. The van der Waals surface area contributed by atoms with Crippen molar-refractivity contribution in [3.8, 4) is 0 Å². The first-order valence-corrected chi connectivity index (χ1v) is 9.40. The van der Waals surface area contributed by atoms with Crippen LogP contribution < -0.4 is 5.32 Å². The predicted octanol–water partition coefficient (Wildman–Crippen LogP) is 4.52. The maximum atomic E-state index is 12.7. The van der Waals surface area contributed by atoms with E-state index in [0.717, 1.165) is 17.0 Å². The largest absolute Gasteiger partial charge is 0.433 e. The second kappa shape index (κ2) is 7.28. The number of aryl methyl sites for hydroxylation is 1. The Bertz CT molecular complexity index is 1180. The molecule has 4 aromatic rings. The summed E-state index contributed by atoms with van der Waals surface area (Å²) in [6, 6.07) is 9.60. The minimum atomic E-state index is -4.48. The lowest BCUT2D eigenvalue weighted by Gasteiger charge is -2.07. The molecule has 0 aliphatic carbocycles. The molecule has 0 saturated heterocycles. The number of carbonyl (C=O) groups is 1. The van der Waals surface area contributed by atoms with Gasteiger partial charge in [-0.25, -0.2) is 4.98 Å². The Morgan fingerprint density at radius 3 is 2.62 bits per heavy atom. The third kappa shape index (κ3) is 3.83. The molecule has 1 amide bonds. The van der Waals surface area contributed by atoms with Gasteiger partial charge in [0, 0.05) is 11.6 Å². The highest BCUT2D eigenvalue weighted by Gasteiger charge is 2.32. The predicted molar refractivity (Wildman–Crippen MR) is 103 cm³/mol. The van der Waals surface area contributed by atoms with Crippen LogP contribution in [-0.4, -0.2) is 25.7 Å². The highest BCUT2D eigenvalue weighted by atomic mass is 32.1. The minimum absolute atomic E-state index is 0.209. The first kappa shape index (κ1) is 19.1. The molecule has 0 saturated carbocycles. The van der Waals surface area contributed by atoms with Crippen LogP contribution in [0.3, 0.4) is 0 Å². The molecule has 0 unspecified atom stereocenters. The Morgan fingerprint density at radius 1 is 1.17 bits per heavy atom. The molecule has 1 N–H and O–H groups in total. The third-order valence-electron chi connectivity index (χ3n) is 4.29. The Labute approximate surface area is 167 Å². The molecular weight excluding hydrogens is 403 g/mol. The molecule has 0 fully saturated rings. The van der Waals surface area contributed by atoms with E-state index in [1.54, 1.807) is 17.1 Å². The number of alkyl halides is 3. The first-order valence-electron chi connectivity index (χ1n) is 8.52. The van der Waals surface area contributed by atoms with Gasteiger partial charge in [-0.1, -0.05) is 18.2 Å². The Kier molecular flexibility index (Phi) is 4.79. The van der Waals surface area contributed by atoms with Crippen molar-refractivity contribution in [2.24, 2.45) is 0 Å². The van der Waals surface area contributed by atoms with Crippen molar-refractivity contribution in [2.75, 3.05) is 5.32 Å². The summed E-state index contributed by atoms with van der Waals surface area (Å²) in [5.74, 6) is 0.0647. The Balaban J connectivity index is 1.64. The molecule has 0 radical (unpaired) electrons. The van der Waals surface area contributed by atoms with E-state index in [1.165, 1.54) is 23.6 Å². The van der Waals surface area contributed by atoms with Crippen molar-refractivity contribution in [1.29, 1.82) is 0 Å². The van der Waals surface area contributed by atoms with E-state index in [2.05, 4.69) is 20.4 Å². The van der Waals surface area contributed by atoms with Crippen LogP contribution in [0.5, 0.6) is 0 Å². The molecule has 0 spiro atoms. The van der Waals surface area contributed by atoms with Crippen molar-refractivity contribution in [3.63, 3.8) is 0 Å². The second-order valence-corrected chi connectivity index (χ2v) is 7.15. The van der Waals surface area contributed by atoms with Gasteiger partial charge in [0.2, 0.25) is 0 Å². The summed E-state index contributed by atoms with van der Waals surface area (Å²) in [4.78, 5) is 20.6. The molecule has 1 aromatic carbocycles. The summed E-state index contributed by atoms with van der Waals surface area (Å²) in [7, 11) is 0. The lowest BCUT2D eigenvalue weighted by Crippen LogP contribution is -2.13. The number of aromatic nitrogens is 4. The molecule has 0 aliphatic heterocycles. The van der Waals surface area contributed by atoms with Crippen LogP contribution in [0.15, 0.2) is 48.1 Å². The average molecular weight is 417 g/mol. The monoisotopic (exact) mass is 417 g/mol. The number of amides is 1. The number of nitrogens with zero attached hydrogens (tertiary/aromatic N) is 4. The van der Waals surface area contributed by atoms with Crippen LogP contribution in [0.25, 0.3) is 10.9 Å². The molecular formula is C19H14F3N5OS. The van der Waals surface area contributed by atoms with E-state index in [1.807, 2.05) is 24.3 Å². The van der Waals surface area contributed by atoms with Gasteiger partial charge in [0.05, 0.1) is 23.3 Å². The Hall–Kier alpha value is -3.27. The number of benzene rings is 1. The van der Waals surface area contributed by atoms with Gasteiger partial charge in [-0.15, -0.1) is 11.3 Å². The molecule has 0 aliphatic rings. The SMILES string of the molecule is Cc1ncsc1C(=O)Nc1nn(Cc2ccc(C(F)(F)F)nc2)c2ccccc12. The van der Waals surface area contributed by atoms with Crippen LogP contribution in [0, 0.1) is 6.92 Å². The molecule has 10 heteroatoms. The smallest absolute Gasteiger partial charge is 0.304 e. The van der Waals surface area contributed by atoms with E-state index < -0.39 is 11.9 Å². The average Bonchev–Trinajstić information content (AvgIpc) is 3.26. The number of hydrogen-bond acceptors (Lipinski definition) is 5. The maximum Gasteiger partial charge on any atom is 0.433 e. The van der Waals surface area contributed by atoms with E-state index >= 15 is 0 Å². The van der Waals surface area contributed by atoms with Crippen molar-refractivity contribution in [2.45, 2.75) is 19.6 Å². The summed E-state index contributed by atoms with van der Waals surface area (Å²) in [5, 5.41) is 7.98. The summed E-state index contributed by atoms with van der Waals surface area (Å²) < 4.78 is 39.7.